The summed E-state index contributed by atoms with van der Waals surface area (Å²) in [6.07, 6.45) is 9.46. The van der Waals surface area contributed by atoms with Gasteiger partial charge in [0.1, 0.15) is 24.2 Å². The Morgan fingerprint density at radius 2 is 1.00 bits per heavy atom. The zero-order valence-corrected chi connectivity index (χ0v) is 53.9. The number of aliphatic hydroxyl groups is 1. The number of hydrogen-bond acceptors (Lipinski definition) is 12. The number of nitrogens with zero attached hydrogens (tertiary/aromatic N) is 4. The van der Waals surface area contributed by atoms with E-state index in [9.17, 15) is 60.6 Å². The first-order valence-corrected chi connectivity index (χ1v) is 33.5. The third-order valence-corrected chi connectivity index (χ3v) is 23.5. The van der Waals surface area contributed by atoms with Crippen molar-refractivity contribution in [2.75, 3.05) is 52.8 Å². The van der Waals surface area contributed by atoms with Crippen LogP contribution in [0.5, 0.6) is 0 Å². The highest BCUT2D eigenvalue weighted by Crippen LogP contribution is 2.66. The maximum absolute atomic E-state index is 14.4. The summed E-state index contributed by atoms with van der Waals surface area (Å²) in [5.41, 5.74) is -3.60. The fraction of sp³-hybridized carbons (Fsp3) is 0.879. The van der Waals surface area contributed by atoms with Gasteiger partial charge >= 0.3 is 18.0 Å². The number of aliphatic hydroxyl groups excluding tert-OH is 1. The number of hydrogen-bond donors (Lipinski definition) is 8. The van der Waals surface area contributed by atoms with Crippen LogP contribution in [0.2, 0.25) is 0 Å². The number of amides is 8. The largest absolute Gasteiger partial charge is 0.480 e. The molecule has 0 spiro atoms. The third-order valence-electron chi connectivity index (χ3n) is 19.5. The van der Waals surface area contributed by atoms with E-state index in [0.29, 0.717) is 51.6 Å². The summed E-state index contributed by atoms with van der Waals surface area (Å²) in [5.74, 6) is -3.17. The van der Waals surface area contributed by atoms with Gasteiger partial charge in [-0.1, -0.05) is 128 Å². The molecular formula is C58H102N10O13S2. The molecule has 0 radical (unpaired) electrons. The maximum Gasteiger partial charge on any atom is 0.326 e. The number of urea groups is 2. The highest BCUT2D eigenvalue weighted by Gasteiger charge is 2.71. The molecule has 23 nitrogen and oxygen atoms in total. The molecule has 7 aliphatic rings. The fourth-order valence-electron chi connectivity index (χ4n) is 13.8. The Labute approximate surface area is 494 Å². The van der Waals surface area contributed by atoms with E-state index in [4.69, 9.17) is 0 Å². The van der Waals surface area contributed by atoms with Gasteiger partial charge in [-0.2, -0.15) is 0 Å². The first-order chi connectivity index (χ1) is 38.2. The number of unbranched alkanes of at least 4 members (excludes halogenated alkanes) is 1. The van der Waals surface area contributed by atoms with Gasteiger partial charge in [-0.25, -0.2) is 39.8 Å². The number of carboxylic acid groups (broad SMARTS) is 1. The summed E-state index contributed by atoms with van der Waals surface area (Å²) in [5, 5.41) is 38.2. The van der Waals surface area contributed by atoms with E-state index in [-0.39, 0.29) is 52.0 Å². The van der Waals surface area contributed by atoms with Gasteiger partial charge in [-0.15, -0.1) is 0 Å². The van der Waals surface area contributed by atoms with Gasteiger partial charge < -0.3 is 51.9 Å². The average Bonchev–Trinajstić information content (AvgIpc) is 1.73. The van der Waals surface area contributed by atoms with E-state index in [1.165, 1.54) is 37.4 Å². The van der Waals surface area contributed by atoms with Gasteiger partial charge in [0.05, 0.1) is 28.6 Å². The minimum absolute atomic E-state index is 0.0649. The van der Waals surface area contributed by atoms with Crippen LogP contribution in [0.25, 0.3) is 0 Å². The molecule has 2 aliphatic heterocycles. The van der Waals surface area contributed by atoms with E-state index in [1.807, 2.05) is 62.3 Å². The molecule has 7 rings (SSSR count). The molecule has 0 aromatic carbocycles. The Bertz CT molecular complexity index is 2640. The van der Waals surface area contributed by atoms with Crippen LogP contribution in [0.1, 0.15) is 172 Å². The van der Waals surface area contributed by atoms with Crippen LogP contribution in [0.15, 0.2) is 0 Å². The minimum Gasteiger partial charge on any atom is -0.480 e. The Balaban J connectivity index is 0.000000280. The molecule has 25 heteroatoms. The van der Waals surface area contributed by atoms with Gasteiger partial charge in [0.25, 0.3) is 5.91 Å². The molecule has 83 heavy (non-hydrogen) atoms. The van der Waals surface area contributed by atoms with E-state index >= 15 is 0 Å². The molecule has 474 valence electrons. The molecular weight excluding hydrogens is 1110 g/mol. The minimum atomic E-state index is -3.62. The monoisotopic (exact) mass is 1210 g/mol. The van der Waals surface area contributed by atoms with Gasteiger partial charge in [0, 0.05) is 53.2 Å². The van der Waals surface area contributed by atoms with Crippen molar-refractivity contribution in [1.29, 1.82) is 0 Å². The van der Waals surface area contributed by atoms with Crippen molar-refractivity contribution in [2.24, 2.45) is 45.3 Å². The molecule has 10 atom stereocenters. The van der Waals surface area contributed by atoms with Crippen molar-refractivity contribution >= 4 is 61.7 Å². The Hall–Kier alpha value is -4.33. The van der Waals surface area contributed by atoms with Crippen molar-refractivity contribution in [3.05, 3.63) is 0 Å². The van der Waals surface area contributed by atoms with Gasteiger partial charge in [-0.3, -0.25) is 19.2 Å². The second-order valence-corrected chi connectivity index (χ2v) is 33.5. The third kappa shape index (κ3) is 15.6. The van der Waals surface area contributed by atoms with Crippen molar-refractivity contribution in [3.8, 4) is 0 Å². The molecule has 0 aromatic rings. The van der Waals surface area contributed by atoms with Crippen LogP contribution >= 0.6 is 0 Å². The molecule has 8 amide bonds. The SMILES string of the molecule is CCCC[C@H](NC(=O)[C@@H]1[C@@H]2[C@H](CN1C(=O)[C@@H](NC(=O)NC1(CS(=O)(=O)N(C)C)CCCCC1)C(C)(C)C)C2(C)C)C(O)C(=O)NC1CC1.CN(C)S(=O)(=O)CC1(NC(=O)N[C@H](C(=O)N2C[C@H]3[C@@H]([C@H]2C(=O)O)C3(C)C)C(C)(C)C)CCCCC1. The standard InChI is InChI=1S/C34H60N6O7S.C24H42N4O6S/c1-9-10-14-23(26(41)29(43)35-21-15-16-21)36-28(42)25-24-22(33(24,5)6)19-40(25)30(44)27(32(2,3)4)37-31(45)38-34(17-12-11-13-18-34)20-48(46,47)39(7)8;1-22(2,3)18(19(29)28-13-15-16(23(15,4)5)17(28)20(30)31)25-21(32)26-24(11-9-8-10-12-24)14-35(33,34)27(6)7/h21-27,41H,9-20H2,1-8H3,(H,35,43)(H,36,42)(H2,37,38,45);15-18H,8-14H2,1-7H3,(H,30,31)(H2,25,26,32)/t22-,23-,24-,25-,26?,27+;15-,16-,17-,18+/m00/s1. The summed E-state index contributed by atoms with van der Waals surface area (Å²) < 4.78 is 53.5. The molecule has 5 aliphatic carbocycles. The first-order valence-electron chi connectivity index (χ1n) is 30.3. The average molecular weight is 1210 g/mol. The molecule has 0 bridgehead atoms. The smallest absolute Gasteiger partial charge is 0.326 e. The van der Waals surface area contributed by atoms with Crippen molar-refractivity contribution in [3.63, 3.8) is 0 Å². The van der Waals surface area contributed by atoms with Gasteiger partial charge in [0.15, 0.2) is 6.10 Å². The number of fused-ring (bicyclic) bond motifs is 2. The van der Waals surface area contributed by atoms with Crippen LogP contribution in [0, 0.1) is 45.3 Å². The van der Waals surface area contributed by atoms with Crippen LogP contribution in [-0.4, -0.2) is 193 Å². The number of rotatable bonds is 21. The molecule has 7 fully saturated rings. The highest BCUT2D eigenvalue weighted by atomic mass is 32.2. The Morgan fingerprint density at radius 3 is 1.35 bits per heavy atom. The molecule has 1 unspecified atom stereocenters. The van der Waals surface area contributed by atoms with Gasteiger partial charge in [-0.05, 0) is 84.4 Å². The summed E-state index contributed by atoms with van der Waals surface area (Å²) in [6, 6.07) is -5.67. The quantitative estimate of drug-likeness (QED) is 0.0809. The van der Waals surface area contributed by atoms with Crippen LogP contribution in [0.4, 0.5) is 9.59 Å². The second kappa shape index (κ2) is 25.2. The zero-order chi connectivity index (χ0) is 62.4. The predicted molar refractivity (Wildman–Crippen MR) is 315 cm³/mol. The zero-order valence-electron chi connectivity index (χ0n) is 52.3. The summed E-state index contributed by atoms with van der Waals surface area (Å²) in [6.45, 7) is 21.9. The second-order valence-electron chi connectivity index (χ2n) is 29.2. The summed E-state index contributed by atoms with van der Waals surface area (Å²) >= 11 is 0. The fourth-order valence-corrected chi connectivity index (χ4v) is 16.4. The lowest BCUT2D eigenvalue weighted by atomic mass is 9.83. The van der Waals surface area contributed by atoms with Crippen molar-refractivity contribution < 1.29 is 60.6 Å². The lowest BCUT2D eigenvalue weighted by Gasteiger charge is -2.41. The normalized spacial score (nSPS) is 27.3. The Morgan fingerprint density at radius 1 is 0.614 bits per heavy atom. The number of nitrogens with one attached hydrogen (secondary N) is 6. The number of aliphatic carboxylic acids is 1. The van der Waals surface area contributed by atoms with E-state index in [1.54, 1.807) is 4.90 Å². The molecule has 0 aromatic heterocycles. The van der Waals surface area contributed by atoms with E-state index < -0.39 is 120 Å². The number of carboxylic acids is 1. The topological polar surface area (TPSA) is 313 Å². The predicted octanol–water partition coefficient (Wildman–Crippen LogP) is 3.95. The number of piperidine rings is 2. The number of likely N-dealkylation sites (tertiary alicyclic amines) is 2. The number of carbonyl (C=O) groups is 7. The van der Waals surface area contributed by atoms with Crippen LogP contribution in [0.3, 0.4) is 0 Å². The highest BCUT2D eigenvalue weighted by molar-refractivity contribution is 7.89. The number of carbonyl (C=O) groups excluding carboxylic acids is 6. The van der Waals surface area contributed by atoms with Crippen LogP contribution < -0.4 is 31.9 Å². The van der Waals surface area contributed by atoms with Crippen molar-refractivity contribution in [2.45, 2.75) is 226 Å². The lowest BCUT2D eigenvalue weighted by molar-refractivity contribution is -0.152. The molecule has 2 heterocycles. The molecule has 2 saturated heterocycles. The Kier molecular flexibility index (Phi) is 20.6. The summed E-state index contributed by atoms with van der Waals surface area (Å²) in [7, 11) is -1.29. The molecule has 8 N–H and O–H groups in total. The molecule has 5 saturated carbocycles. The van der Waals surface area contributed by atoms with E-state index in [2.05, 4.69) is 45.7 Å². The first kappa shape index (κ1) is 67.8. The van der Waals surface area contributed by atoms with E-state index in [0.717, 1.165) is 62.1 Å². The number of sulfonamides is 2. The van der Waals surface area contributed by atoms with Gasteiger partial charge in [0.2, 0.25) is 37.8 Å². The maximum atomic E-state index is 14.4. The van der Waals surface area contributed by atoms with Crippen molar-refractivity contribution in [1.82, 2.24) is 50.3 Å². The summed E-state index contributed by atoms with van der Waals surface area (Å²) in [4.78, 5) is 96.8. The lowest BCUT2D eigenvalue weighted by Crippen LogP contribution is -2.64. The van der Waals surface area contributed by atoms with Crippen LogP contribution in [-0.2, 0) is 44.0 Å².